The summed E-state index contributed by atoms with van der Waals surface area (Å²) in [6.45, 7) is -1.02. The monoisotopic (exact) mass is 352 g/mol. The molecule has 21 heavy (non-hydrogen) atoms. The zero-order valence-corrected chi connectivity index (χ0v) is 11.6. The second-order valence-electron chi connectivity index (χ2n) is 4.53. The fourth-order valence-corrected chi connectivity index (χ4v) is 4.25. The van der Waals surface area contributed by atoms with Crippen molar-refractivity contribution in [2.75, 3.05) is 6.61 Å². The molecule has 0 amide bonds. The van der Waals surface area contributed by atoms with Crippen LogP contribution in [0.1, 0.15) is 0 Å². The molecule has 3 rings (SSSR count). The number of rotatable bonds is 3. The zero-order valence-electron chi connectivity index (χ0n) is 9.80. The molecule has 0 spiro atoms. The topological polar surface area (TPSA) is 202 Å². The van der Waals surface area contributed by atoms with Crippen molar-refractivity contribution >= 4 is 15.6 Å². The van der Waals surface area contributed by atoms with Gasteiger partial charge in [-0.25, -0.2) is 22.7 Å². The summed E-state index contributed by atoms with van der Waals surface area (Å²) in [5.41, 5.74) is 0. The van der Waals surface area contributed by atoms with E-state index in [-0.39, 0.29) is 0 Å². The van der Waals surface area contributed by atoms with Gasteiger partial charge in [-0.1, -0.05) is 0 Å². The van der Waals surface area contributed by atoms with Gasteiger partial charge in [-0.15, -0.1) is 0 Å². The molecule has 3 heterocycles. The summed E-state index contributed by atoms with van der Waals surface area (Å²) in [5.74, 6) is -9.55. The Labute approximate surface area is 115 Å². The lowest BCUT2D eigenvalue weighted by Gasteiger charge is -2.50. The molecule has 15 heteroatoms. The molecule has 3 aliphatic heterocycles. The van der Waals surface area contributed by atoms with Crippen LogP contribution in [-0.2, 0) is 32.0 Å². The van der Waals surface area contributed by atoms with Crippen LogP contribution < -0.4 is 0 Å². The number of fused-ring (bicyclic) bond motifs is 1. The smallest absolute Gasteiger partial charge is 0.384 e. The molecule has 2 bridgehead atoms. The highest BCUT2D eigenvalue weighted by atomic mass is 31.2. The summed E-state index contributed by atoms with van der Waals surface area (Å²) < 4.78 is 44.2. The average Bonchev–Trinajstić information content (AvgIpc) is 2.62. The van der Waals surface area contributed by atoms with Crippen LogP contribution in [0, 0.1) is 0 Å². The molecule has 0 aromatic carbocycles. The first-order valence-corrected chi connectivity index (χ1v) is 8.29. The SMILES string of the molecule is O=P(O)(O)OC[C@H]1O[C@]2(O)OP3(=O)O[C@]2(O)[C@@](O)(O3)[C@H]1O. The Hall–Kier alpha value is 0.0200. The van der Waals surface area contributed by atoms with Gasteiger partial charge in [0, 0.05) is 0 Å². The van der Waals surface area contributed by atoms with Crippen molar-refractivity contribution in [3.8, 4) is 0 Å². The van der Waals surface area contributed by atoms with E-state index < -0.39 is 52.0 Å². The molecule has 122 valence electrons. The third-order valence-electron chi connectivity index (χ3n) is 3.12. The zero-order chi connectivity index (χ0) is 15.9. The predicted molar refractivity (Wildman–Crippen MR) is 54.6 cm³/mol. The fourth-order valence-electron chi connectivity index (χ4n) is 2.19. The van der Waals surface area contributed by atoms with Crippen LogP contribution in [0.25, 0.3) is 0 Å². The van der Waals surface area contributed by atoms with Crippen molar-refractivity contribution in [2.45, 2.75) is 29.8 Å². The third-order valence-corrected chi connectivity index (χ3v) is 5.06. The van der Waals surface area contributed by atoms with E-state index in [4.69, 9.17) is 9.79 Å². The summed E-state index contributed by atoms with van der Waals surface area (Å²) in [7, 11) is -9.55. The van der Waals surface area contributed by atoms with Crippen LogP contribution >= 0.6 is 15.6 Å². The molecule has 0 saturated carbocycles. The Morgan fingerprint density at radius 2 is 1.81 bits per heavy atom. The van der Waals surface area contributed by atoms with Crippen molar-refractivity contribution < 1.29 is 62.2 Å². The maximum atomic E-state index is 11.7. The van der Waals surface area contributed by atoms with Gasteiger partial charge >= 0.3 is 27.4 Å². The normalized spacial score (nSPS) is 55.9. The maximum Gasteiger partial charge on any atom is 0.485 e. The Balaban J connectivity index is 1.92. The molecular formula is C6H10O13P2. The summed E-state index contributed by atoms with van der Waals surface area (Å²) in [6.07, 6.45) is -4.06. The number of aliphatic hydroxyl groups excluding tert-OH is 1. The van der Waals surface area contributed by atoms with Crippen LogP contribution in [0.15, 0.2) is 0 Å². The highest BCUT2D eigenvalue weighted by molar-refractivity contribution is 7.49. The first-order chi connectivity index (χ1) is 9.34. The molecule has 13 nitrogen and oxygen atoms in total. The minimum atomic E-state index is -4.95. The molecular weight excluding hydrogens is 342 g/mol. The van der Waals surface area contributed by atoms with Crippen LogP contribution in [0.5, 0.6) is 0 Å². The van der Waals surface area contributed by atoms with E-state index in [1.807, 2.05) is 0 Å². The van der Waals surface area contributed by atoms with Gasteiger partial charge in [0.15, 0.2) is 0 Å². The molecule has 0 aromatic heterocycles. The molecule has 0 aliphatic carbocycles. The molecule has 0 aromatic rings. The Morgan fingerprint density at radius 3 is 2.33 bits per heavy atom. The van der Waals surface area contributed by atoms with E-state index >= 15 is 0 Å². The summed E-state index contributed by atoms with van der Waals surface area (Å²) in [6, 6.07) is 0. The predicted octanol–water partition coefficient (Wildman–Crippen LogP) is -2.94. The lowest BCUT2D eigenvalue weighted by atomic mass is 9.90. The quantitative estimate of drug-likeness (QED) is 0.282. The number of phosphoric acid groups is 2. The van der Waals surface area contributed by atoms with Gasteiger partial charge in [-0.05, 0) is 0 Å². The first-order valence-electron chi connectivity index (χ1n) is 5.30. The van der Waals surface area contributed by atoms with Gasteiger partial charge in [0.1, 0.15) is 12.2 Å². The largest absolute Gasteiger partial charge is 0.485 e. The molecule has 6 N–H and O–H groups in total. The Morgan fingerprint density at radius 1 is 1.19 bits per heavy atom. The molecule has 3 fully saturated rings. The third kappa shape index (κ3) is 2.00. The van der Waals surface area contributed by atoms with Gasteiger partial charge in [-0.2, -0.15) is 0 Å². The van der Waals surface area contributed by atoms with E-state index in [0.717, 1.165) is 0 Å². The lowest BCUT2D eigenvalue weighted by molar-refractivity contribution is -0.526. The number of hydrogen-bond donors (Lipinski definition) is 6. The van der Waals surface area contributed by atoms with Crippen molar-refractivity contribution in [3.63, 3.8) is 0 Å². The highest BCUT2D eigenvalue weighted by Gasteiger charge is 2.89. The van der Waals surface area contributed by atoms with Crippen molar-refractivity contribution in [3.05, 3.63) is 0 Å². The Bertz CT molecular complexity index is 573. The molecule has 1 unspecified atom stereocenters. The molecule has 6 atom stereocenters. The second-order valence-corrected chi connectivity index (χ2v) is 7.21. The standard InChI is InChI=1S/C6H10O13P2/c7-3-2(1-15-20(11,12)13)16-6(10)5(9)4(3,8)17-21(14,18-5)19-6/h2-3,7-10H,1H2,(H2,11,12,13)/t2-,3+,4+,5-,6+,21?/m1/s1. The maximum absolute atomic E-state index is 11.7. The summed E-state index contributed by atoms with van der Waals surface area (Å²) in [5, 5.41) is 39.9. The average molecular weight is 352 g/mol. The first kappa shape index (κ1) is 15.9. The highest BCUT2D eigenvalue weighted by Crippen LogP contribution is 2.76. The van der Waals surface area contributed by atoms with E-state index in [1.165, 1.54) is 0 Å². The minimum Gasteiger partial charge on any atom is -0.384 e. The second kappa shape index (κ2) is 4.10. The molecule has 0 radical (unpaired) electrons. The van der Waals surface area contributed by atoms with Crippen LogP contribution in [-0.4, -0.2) is 66.6 Å². The van der Waals surface area contributed by atoms with E-state index in [2.05, 4.69) is 22.8 Å². The number of hydrogen-bond acceptors (Lipinski definition) is 11. The fraction of sp³-hybridized carbons (Fsp3) is 1.00. The van der Waals surface area contributed by atoms with Gasteiger partial charge in [0.25, 0.3) is 5.79 Å². The lowest BCUT2D eigenvalue weighted by Crippen LogP contribution is -2.78. The minimum absolute atomic E-state index is 1.02. The Kier molecular flexibility index (Phi) is 3.11. The summed E-state index contributed by atoms with van der Waals surface area (Å²) >= 11 is 0. The van der Waals surface area contributed by atoms with Gasteiger partial charge in [0.2, 0.25) is 0 Å². The van der Waals surface area contributed by atoms with Crippen molar-refractivity contribution in [1.82, 2.24) is 0 Å². The van der Waals surface area contributed by atoms with E-state index in [1.54, 1.807) is 0 Å². The number of aliphatic hydroxyl groups is 4. The van der Waals surface area contributed by atoms with Crippen molar-refractivity contribution in [1.29, 1.82) is 0 Å². The molecule has 3 aliphatic rings. The van der Waals surface area contributed by atoms with E-state index in [0.29, 0.717) is 0 Å². The van der Waals surface area contributed by atoms with Crippen LogP contribution in [0.3, 0.4) is 0 Å². The van der Waals surface area contributed by atoms with Crippen LogP contribution in [0.4, 0.5) is 0 Å². The van der Waals surface area contributed by atoms with Gasteiger partial charge in [0.05, 0.1) is 6.61 Å². The summed E-state index contributed by atoms with van der Waals surface area (Å²) in [4.78, 5) is 17.1. The van der Waals surface area contributed by atoms with Crippen molar-refractivity contribution in [2.24, 2.45) is 0 Å². The van der Waals surface area contributed by atoms with Gasteiger partial charge in [-0.3, -0.25) is 4.52 Å². The van der Waals surface area contributed by atoms with Gasteiger partial charge < -0.3 is 34.9 Å². The van der Waals surface area contributed by atoms with Crippen LogP contribution in [0.2, 0.25) is 0 Å². The number of phosphoric ester groups is 2. The van der Waals surface area contributed by atoms with E-state index in [9.17, 15) is 29.6 Å². The molecule has 3 saturated heterocycles. The number of ether oxygens (including phenoxy) is 1.